The van der Waals surface area contributed by atoms with Crippen LogP contribution in [0.4, 0.5) is 0 Å². The van der Waals surface area contributed by atoms with E-state index in [4.69, 9.17) is 14.2 Å². The van der Waals surface area contributed by atoms with Crippen LogP contribution in [0.15, 0.2) is 0 Å². The number of carbonyl (C=O) groups excluding carboxylic acids is 2. The number of carbonyl (C=O) groups is 2. The Morgan fingerprint density at radius 3 is 1.55 bits per heavy atom. The minimum absolute atomic E-state index is 0.117. The van der Waals surface area contributed by atoms with Gasteiger partial charge in [-0.25, -0.2) is 0 Å². The summed E-state index contributed by atoms with van der Waals surface area (Å²) in [4.78, 5) is 25.6. The Labute approximate surface area is 177 Å². The van der Waals surface area contributed by atoms with Gasteiger partial charge >= 0.3 is 11.9 Å². The zero-order chi connectivity index (χ0) is 21.2. The van der Waals surface area contributed by atoms with E-state index in [1.165, 1.54) is 0 Å². The van der Waals surface area contributed by atoms with E-state index in [0.29, 0.717) is 37.9 Å². The summed E-state index contributed by atoms with van der Waals surface area (Å²) >= 11 is 0. The molecular formula is C24H42O5. The highest BCUT2D eigenvalue weighted by Gasteiger charge is 2.53. The number of unbranched alkanes of at least 4 members (excludes halogenated alkanes) is 2. The maximum Gasteiger partial charge on any atom is 0.309 e. The summed E-state index contributed by atoms with van der Waals surface area (Å²) in [6.45, 7) is 9.54. The molecule has 6 atom stereocenters. The predicted octanol–water partition coefficient (Wildman–Crippen LogP) is 5.30. The van der Waals surface area contributed by atoms with Gasteiger partial charge in [0, 0.05) is 0 Å². The number of esters is 2. The van der Waals surface area contributed by atoms with Gasteiger partial charge in [-0.3, -0.25) is 9.59 Å². The van der Waals surface area contributed by atoms with Gasteiger partial charge in [0.2, 0.25) is 0 Å². The molecule has 1 aliphatic heterocycles. The lowest BCUT2D eigenvalue weighted by atomic mass is 9.79. The normalized spacial score (nSPS) is 27.6. The second-order valence-corrected chi connectivity index (χ2v) is 8.99. The van der Waals surface area contributed by atoms with Crippen molar-refractivity contribution in [2.45, 2.75) is 104 Å². The van der Waals surface area contributed by atoms with E-state index in [1.54, 1.807) is 0 Å². The lowest BCUT2D eigenvalue weighted by molar-refractivity contribution is -0.163. The van der Waals surface area contributed by atoms with Crippen molar-refractivity contribution in [1.82, 2.24) is 0 Å². The van der Waals surface area contributed by atoms with Crippen LogP contribution in [0, 0.1) is 23.7 Å². The molecule has 0 aromatic carbocycles. The molecule has 0 N–H and O–H groups in total. The highest BCUT2D eigenvalue weighted by atomic mass is 16.6. The lowest BCUT2D eigenvalue weighted by Crippen LogP contribution is -2.38. The van der Waals surface area contributed by atoms with Crippen molar-refractivity contribution in [2.24, 2.45) is 23.7 Å². The molecule has 0 amide bonds. The molecule has 2 aliphatic rings. The van der Waals surface area contributed by atoms with Gasteiger partial charge in [-0.1, -0.05) is 66.2 Å². The first kappa shape index (κ1) is 24.2. The van der Waals surface area contributed by atoms with E-state index in [1.807, 2.05) is 0 Å². The number of hydrogen-bond acceptors (Lipinski definition) is 5. The molecule has 5 nitrogen and oxygen atoms in total. The fourth-order valence-corrected chi connectivity index (χ4v) is 4.35. The summed E-state index contributed by atoms with van der Waals surface area (Å²) in [5.74, 6) is -0.526. The highest BCUT2D eigenvalue weighted by molar-refractivity contribution is 5.82. The van der Waals surface area contributed by atoms with Crippen molar-refractivity contribution in [3.63, 3.8) is 0 Å². The van der Waals surface area contributed by atoms with Crippen LogP contribution in [0.3, 0.4) is 0 Å². The number of rotatable bonds is 14. The lowest BCUT2D eigenvalue weighted by Gasteiger charge is -2.27. The van der Waals surface area contributed by atoms with E-state index in [9.17, 15) is 9.59 Å². The predicted molar refractivity (Wildman–Crippen MR) is 113 cm³/mol. The largest absolute Gasteiger partial charge is 0.465 e. The Kier molecular flexibility index (Phi) is 10.5. The first-order valence-corrected chi connectivity index (χ1v) is 12.0. The summed E-state index contributed by atoms with van der Waals surface area (Å²) in [6, 6.07) is 0. The van der Waals surface area contributed by atoms with Crippen molar-refractivity contribution >= 4 is 11.9 Å². The van der Waals surface area contributed by atoms with Gasteiger partial charge in [0.1, 0.15) is 0 Å². The number of epoxide rings is 1. The second-order valence-electron chi connectivity index (χ2n) is 8.99. The van der Waals surface area contributed by atoms with E-state index < -0.39 is 11.8 Å². The molecule has 6 unspecified atom stereocenters. The minimum atomic E-state index is -0.425. The van der Waals surface area contributed by atoms with Crippen molar-refractivity contribution < 1.29 is 23.8 Å². The quantitative estimate of drug-likeness (QED) is 0.287. The number of hydrogen-bond donors (Lipinski definition) is 0. The van der Waals surface area contributed by atoms with E-state index in [0.717, 1.165) is 51.4 Å². The Balaban J connectivity index is 1.87. The Morgan fingerprint density at radius 1 is 0.793 bits per heavy atom. The second kappa shape index (κ2) is 12.6. The number of fused-ring (bicyclic) bond motifs is 1. The monoisotopic (exact) mass is 410 g/mol. The van der Waals surface area contributed by atoms with E-state index >= 15 is 0 Å². The molecular weight excluding hydrogens is 368 g/mol. The molecule has 1 saturated heterocycles. The number of ether oxygens (including phenoxy) is 3. The van der Waals surface area contributed by atoms with E-state index in [2.05, 4.69) is 27.7 Å². The highest BCUT2D eigenvalue weighted by Crippen LogP contribution is 2.44. The third kappa shape index (κ3) is 7.58. The van der Waals surface area contributed by atoms with Gasteiger partial charge in [-0.15, -0.1) is 0 Å². The molecule has 1 heterocycles. The Bertz CT molecular complexity index is 461. The first-order chi connectivity index (χ1) is 14.0. The SMILES string of the molecule is CCCCC(CC)COC(=O)C1CC2OC2CC1C(=O)OCC(CC)CCCC. The Hall–Kier alpha value is -1.10. The van der Waals surface area contributed by atoms with Gasteiger partial charge in [-0.05, 0) is 37.5 Å². The molecule has 0 spiro atoms. The summed E-state index contributed by atoms with van der Waals surface area (Å²) < 4.78 is 17.0. The van der Waals surface area contributed by atoms with Crippen LogP contribution in [-0.2, 0) is 23.8 Å². The molecule has 1 aliphatic carbocycles. The fourth-order valence-electron chi connectivity index (χ4n) is 4.35. The molecule has 0 aromatic rings. The van der Waals surface area contributed by atoms with Crippen LogP contribution in [0.25, 0.3) is 0 Å². The maximum atomic E-state index is 12.8. The van der Waals surface area contributed by atoms with E-state index in [-0.39, 0.29) is 24.1 Å². The van der Waals surface area contributed by atoms with Crippen molar-refractivity contribution in [1.29, 1.82) is 0 Å². The fraction of sp³-hybridized carbons (Fsp3) is 0.917. The standard InChI is InChI=1S/C24H42O5/c1-5-9-11-17(7-3)15-27-23(25)19-13-21-22(29-21)14-20(19)24(26)28-16-18(8-4)12-10-6-2/h17-22H,5-16H2,1-4H3. The molecule has 5 heteroatoms. The molecule has 2 rings (SSSR count). The van der Waals surface area contributed by atoms with Gasteiger partial charge in [0.05, 0.1) is 37.3 Å². The molecule has 2 fully saturated rings. The molecule has 0 aromatic heterocycles. The Morgan fingerprint density at radius 2 is 1.21 bits per heavy atom. The smallest absolute Gasteiger partial charge is 0.309 e. The molecule has 0 bridgehead atoms. The zero-order valence-corrected chi connectivity index (χ0v) is 19.0. The van der Waals surface area contributed by atoms with Gasteiger partial charge in [-0.2, -0.15) is 0 Å². The van der Waals surface area contributed by atoms with Crippen molar-refractivity contribution in [3.05, 3.63) is 0 Å². The van der Waals surface area contributed by atoms with Crippen LogP contribution in [0.2, 0.25) is 0 Å². The average Bonchev–Trinajstić information content (AvgIpc) is 3.51. The van der Waals surface area contributed by atoms with Gasteiger partial charge < -0.3 is 14.2 Å². The summed E-state index contributed by atoms with van der Waals surface area (Å²) in [7, 11) is 0. The minimum Gasteiger partial charge on any atom is -0.465 e. The first-order valence-electron chi connectivity index (χ1n) is 12.0. The van der Waals surface area contributed by atoms with Crippen LogP contribution < -0.4 is 0 Å². The van der Waals surface area contributed by atoms with Gasteiger partial charge in [0.15, 0.2) is 0 Å². The molecule has 168 valence electrons. The zero-order valence-electron chi connectivity index (χ0n) is 19.0. The summed E-state index contributed by atoms with van der Waals surface area (Å²) in [6.07, 6.45) is 10.2. The summed E-state index contributed by atoms with van der Waals surface area (Å²) in [5.41, 5.74) is 0. The van der Waals surface area contributed by atoms with Gasteiger partial charge in [0.25, 0.3) is 0 Å². The van der Waals surface area contributed by atoms with Crippen molar-refractivity contribution in [2.75, 3.05) is 13.2 Å². The van der Waals surface area contributed by atoms with Crippen LogP contribution in [0.5, 0.6) is 0 Å². The summed E-state index contributed by atoms with van der Waals surface area (Å²) in [5, 5.41) is 0. The van der Waals surface area contributed by atoms with Crippen LogP contribution in [0.1, 0.15) is 91.9 Å². The third-order valence-corrected chi connectivity index (χ3v) is 6.76. The molecule has 29 heavy (non-hydrogen) atoms. The molecule has 1 saturated carbocycles. The third-order valence-electron chi connectivity index (χ3n) is 6.76. The van der Waals surface area contributed by atoms with Crippen LogP contribution >= 0.6 is 0 Å². The average molecular weight is 411 g/mol. The van der Waals surface area contributed by atoms with Crippen LogP contribution in [-0.4, -0.2) is 37.4 Å². The maximum absolute atomic E-state index is 12.8. The topological polar surface area (TPSA) is 65.1 Å². The molecule has 0 radical (unpaired) electrons. The van der Waals surface area contributed by atoms with Crippen molar-refractivity contribution in [3.8, 4) is 0 Å².